The maximum absolute atomic E-state index is 12.1. The van der Waals surface area contributed by atoms with Crippen LogP contribution in [0.2, 0.25) is 0 Å². The molecular formula is C21H27F3IN3O2. The van der Waals surface area contributed by atoms with Gasteiger partial charge >= 0.3 is 6.18 Å². The number of nitrogens with zero attached hydrogens (tertiary/aromatic N) is 1. The molecule has 2 aromatic rings. The van der Waals surface area contributed by atoms with Gasteiger partial charge in [0.15, 0.2) is 5.96 Å². The quantitative estimate of drug-likeness (QED) is 0.278. The Morgan fingerprint density at radius 1 is 1.00 bits per heavy atom. The van der Waals surface area contributed by atoms with Crippen molar-refractivity contribution in [2.75, 3.05) is 20.3 Å². The monoisotopic (exact) mass is 537 g/mol. The lowest BCUT2D eigenvalue weighted by Crippen LogP contribution is -2.36. The molecule has 0 bridgehead atoms. The SMILES string of the molecule is CCNC(=NCc1ccc(COCC(F)(F)F)cc1)NCc1ccccc1OC.I. The molecule has 0 aromatic heterocycles. The third-order valence-corrected chi connectivity index (χ3v) is 3.96. The van der Waals surface area contributed by atoms with Crippen LogP contribution in [0.25, 0.3) is 0 Å². The lowest BCUT2D eigenvalue weighted by Gasteiger charge is -2.13. The Morgan fingerprint density at radius 2 is 1.67 bits per heavy atom. The number of hydrogen-bond acceptors (Lipinski definition) is 3. The van der Waals surface area contributed by atoms with Crippen LogP contribution in [-0.2, 0) is 24.4 Å². The first-order valence-electron chi connectivity index (χ1n) is 9.27. The van der Waals surface area contributed by atoms with E-state index in [1.807, 2.05) is 43.3 Å². The molecule has 0 spiro atoms. The second-order valence-electron chi connectivity index (χ2n) is 6.29. The van der Waals surface area contributed by atoms with Crippen LogP contribution in [0.15, 0.2) is 53.5 Å². The van der Waals surface area contributed by atoms with Crippen LogP contribution in [0.5, 0.6) is 5.75 Å². The van der Waals surface area contributed by atoms with Crippen LogP contribution in [0.3, 0.4) is 0 Å². The van der Waals surface area contributed by atoms with Crippen LogP contribution in [0, 0.1) is 0 Å². The van der Waals surface area contributed by atoms with Gasteiger partial charge in [-0.25, -0.2) is 4.99 Å². The minimum atomic E-state index is -4.31. The number of alkyl halides is 3. The Morgan fingerprint density at radius 3 is 2.30 bits per heavy atom. The molecule has 2 rings (SSSR count). The van der Waals surface area contributed by atoms with Crippen molar-refractivity contribution in [2.24, 2.45) is 4.99 Å². The first-order valence-corrected chi connectivity index (χ1v) is 9.27. The third-order valence-electron chi connectivity index (χ3n) is 3.96. The fourth-order valence-electron chi connectivity index (χ4n) is 2.57. The molecule has 2 N–H and O–H groups in total. The molecule has 0 radical (unpaired) electrons. The number of halogens is 4. The summed E-state index contributed by atoms with van der Waals surface area (Å²) < 4.78 is 46.4. The van der Waals surface area contributed by atoms with E-state index < -0.39 is 12.8 Å². The molecule has 0 saturated heterocycles. The van der Waals surface area contributed by atoms with Crippen molar-refractivity contribution in [3.63, 3.8) is 0 Å². The van der Waals surface area contributed by atoms with Gasteiger partial charge in [0, 0.05) is 18.7 Å². The Balaban J connectivity index is 0.00000450. The molecule has 0 heterocycles. The number of methoxy groups -OCH3 is 1. The smallest absolute Gasteiger partial charge is 0.411 e. The number of hydrogen-bond donors (Lipinski definition) is 2. The highest BCUT2D eigenvalue weighted by Crippen LogP contribution is 2.17. The zero-order valence-electron chi connectivity index (χ0n) is 17.0. The average molecular weight is 537 g/mol. The van der Waals surface area contributed by atoms with Crippen molar-refractivity contribution in [3.8, 4) is 5.75 Å². The summed E-state index contributed by atoms with van der Waals surface area (Å²) in [6.07, 6.45) is -4.31. The van der Waals surface area contributed by atoms with Crippen molar-refractivity contribution in [1.29, 1.82) is 0 Å². The van der Waals surface area contributed by atoms with E-state index in [1.54, 1.807) is 19.2 Å². The molecule has 0 aliphatic heterocycles. The van der Waals surface area contributed by atoms with Gasteiger partial charge in [-0.15, -0.1) is 24.0 Å². The van der Waals surface area contributed by atoms with Crippen LogP contribution in [0.4, 0.5) is 13.2 Å². The number of benzene rings is 2. The van der Waals surface area contributed by atoms with Gasteiger partial charge < -0.3 is 20.1 Å². The van der Waals surface area contributed by atoms with Crippen molar-refractivity contribution < 1.29 is 22.6 Å². The average Bonchev–Trinajstić information content (AvgIpc) is 2.70. The highest BCUT2D eigenvalue weighted by atomic mass is 127. The number of aliphatic imine (C=N–C) groups is 1. The second-order valence-corrected chi connectivity index (χ2v) is 6.29. The van der Waals surface area contributed by atoms with Crippen molar-refractivity contribution in [2.45, 2.75) is 32.8 Å². The van der Waals surface area contributed by atoms with Gasteiger partial charge in [0.05, 0.1) is 20.3 Å². The topological polar surface area (TPSA) is 54.9 Å². The summed E-state index contributed by atoms with van der Waals surface area (Å²) >= 11 is 0. The van der Waals surface area contributed by atoms with E-state index in [-0.39, 0.29) is 30.6 Å². The Bertz CT molecular complexity index is 784. The molecular weight excluding hydrogens is 510 g/mol. The summed E-state index contributed by atoms with van der Waals surface area (Å²) in [6.45, 7) is 2.37. The summed E-state index contributed by atoms with van der Waals surface area (Å²) in [6, 6.07) is 14.9. The standard InChI is InChI=1S/C21H26F3N3O2.HI/c1-3-25-20(27-13-18-6-4-5-7-19(18)28-2)26-12-16-8-10-17(11-9-16)14-29-15-21(22,23)24;/h4-11H,3,12-15H2,1-2H3,(H2,25,26,27);1H. The minimum absolute atomic E-state index is 0. The highest BCUT2D eigenvalue weighted by molar-refractivity contribution is 14.0. The van der Waals surface area contributed by atoms with Gasteiger partial charge in [0.25, 0.3) is 0 Å². The van der Waals surface area contributed by atoms with Crippen LogP contribution < -0.4 is 15.4 Å². The Kier molecular flexibility index (Phi) is 11.6. The number of nitrogens with one attached hydrogen (secondary N) is 2. The fraction of sp³-hybridized carbons (Fsp3) is 0.381. The number of rotatable bonds is 9. The van der Waals surface area contributed by atoms with E-state index in [9.17, 15) is 13.2 Å². The number of ether oxygens (including phenoxy) is 2. The summed E-state index contributed by atoms with van der Waals surface area (Å²) in [5, 5.41) is 6.45. The number of para-hydroxylation sites is 1. The summed E-state index contributed by atoms with van der Waals surface area (Å²) in [4.78, 5) is 4.55. The van der Waals surface area contributed by atoms with Gasteiger partial charge in [-0.1, -0.05) is 42.5 Å². The molecule has 0 aliphatic rings. The molecule has 0 saturated carbocycles. The van der Waals surface area contributed by atoms with Crippen LogP contribution in [-0.4, -0.2) is 32.4 Å². The summed E-state index contributed by atoms with van der Waals surface area (Å²) in [5.74, 6) is 1.47. The Labute approximate surface area is 192 Å². The number of guanidine groups is 1. The molecule has 0 amide bonds. The predicted molar refractivity (Wildman–Crippen MR) is 122 cm³/mol. The van der Waals surface area contributed by atoms with E-state index in [0.717, 1.165) is 16.9 Å². The predicted octanol–water partition coefficient (Wildman–Crippen LogP) is 4.65. The van der Waals surface area contributed by atoms with E-state index >= 15 is 0 Å². The van der Waals surface area contributed by atoms with E-state index in [1.165, 1.54) is 0 Å². The largest absolute Gasteiger partial charge is 0.496 e. The molecule has 166 valence electrons. The van der Waals surface area contributed by atoms with Gasteiger partial charge in [-0.05, 0) is 24.1 Å². The lowest BCUT2D eigenvalue weighted by atomic mass is 10.1. The fourth-order valence-corrected chi connectivity index (χ4v) is 2.57. The summed E-state index contributed by atoms with van der Waals surface area (Å²) in [7, 11) is 1.63. The van der Waals surface area contributed by atoms with Crippen molar-refractivity contribution in [3.05, 3.63) is 65.2 Å². The molecule has 0 aliphatic carbocycles. The van der Waals surface area contributed by atoms with E-state index in [0.29, 0.717) is 31.2 Å². The molecule has 9 heteroatoms. The van der Waals surface area contributed by atoms with Gasteiger partial charge in [0.1, 0.15) is 12.4 Å². The summed E-state index contributed by atoms with van der Waals surface area (Å²) in [5.41, 5.74) is 2.64. The zero-order valence-corrected chi connectivity index (χ0v) is 19.3. The first kappa shape index (κ1) is 26.0. The van der Waals surface area contributed by atoms with Crippen LogP contribution >= 0.6 is 24.0 Å². The lowest BCUT2D eigenvalue weighted by molar-refractivity contribution is -0.176. The van der Waals surface area contributed by atoms with Crippen molar-refractivity contribution in [1.82, 2.24) is 10.6 Å². The van der Waals surface area contributed by atoms with E-state index in [2.05, 4.69) is 20.4 Å². The maximum atomic E-state index is 12.1. The highest BCUT2D eigenvalue weighted by Gasteiger charge is 2.27. The van der Waals surface area contributed by atoms with Gasteiger partial charge in [-0.3, -0.25) is 0 Å². The molecule has 0 fully saturated rings. The third kappa shape index (κ3) is 9.66. The van der Waals surface area contributed by atoms with Gasteiger partial charge in [0.2, 0.25) is 0 Å². The molecule has 30 heavy (non-hydrogen) atoms. The molecule has 0 atom stereocenters. The normalized spacial score (nSPS) is 11.6. The molecule has 5 nitrogen and oxygen atoms in total. The Hall–Kier alpha value is -2.01. The second kappa shape index (κ2) is 13.3. The first-order chi connectivity index (χ1) is 13.9. The van der Waals surface area contributed by atoms with Gasteiger partial charge in [-0.2, -0.15) is 13.2 Å². The van der Waals surface area contributed by atoms with Crippen LogP contribution in [0.1, 0.15) is 23.6 Å². The zero-order chi connectivity index (χ0) is 21.1. The maximum Gasteiger partial charge on any atom is 0.411 e. The van der Waals surface area contributed by atoms with Crippen molar-refractivity contribution >= 4 is 29.9 Å². The molecule has 0 unspecified atom stereocenters. The minimum Gasteiger partial charge on any atom is -0.496 e. The van der Waals surface area contributed by atoms with E-state index in [4.69, 9.17) is 4.74 Å². The molecule has 2 aromatic carbocycles.